The van der Waals surface area contributed by atoms with E-state index in [9.17, 15) is 4.21 Å². The van der Waals surface area contributed by atoms with E-state index in [0.29, 0.717) is 5.75 Å². The van der Waals surface area contributed by atoms with Gasteiger partial charge < -0.3 is 0 Å². The summed E-state index contributed by atoms with van der Waals surface area (Å²) in [6.07, 6.45) is 0. The third kappa shape index (κ3) is 4.74. The Hall–Kier alpha value is 0.590. The van der Waals surface area contributed by atoms with Gasteiger partial charge in [0.25, 0.3) is 0 Å². The molecule has 0 aromatic heterocycles. The maximum Gasteiger partial charge on any atom is 0.0912 e. The molecule has 0 bridgehead atoms. The lowest BCUT2D eigenvalue weighted by atomic mass is 10.8. The summed E-state index contributed by atoms with van der Waals surface area (Å²) in [7, 11) is -0.807. The molecule has 0 spiro atoms. The van der Waals surface area contributed by atoms with Gasteiger partial charge in [0, 0.05) is 17.6 Å². The molecule has 0 saturated carbocycles. The van der Waals surface area contributed by atoms with E-state index in [-0.39, 0.29) is 0 Å². The van der Waals surface area contributed by atoms with Crippen LogP contribution in [-0.4, -0.2) is 21.8 Å². The molecule has 0 aliphatic rings. The number of nitrogens with one attached hydrogen (secondary N) is 1. The molecule has 4 heteroatoms. The number of hydrogen-bond acceptors (Lipinski definition) is 1. The van der Waals surface area contributed by atoms with Gasteiger partial charge in [0.15, 0.2) is 0 Å². The van der Waals surface area contributed by atoms with Crippen LogP contribution in [0, 0.1) is 0 Å². The molecule has 0 aliphatic heterocycles. The Labute approximate surface area is 60.8 Å². The first kappa shape index (κ1) is 8.59. The van der Waals surface area contributed by atoms with Crippen molar-refractivity contribution in [1.29, 1.82) is 0 Å². The van der Waals surface area contributed by atoms with Gasteiger partial charge in [0.2, 0.25) is 0 Å². The van der Waals surface area contributed by atoms with Crippen LogP contribution < -0.4 is 4.72 Å². The average molecular weight is 200 g/mol. The molecule has 8 heavy (non-hydrogen) atoms. The summed E-state index contributed by atoms with van der Waals surface area (Å²) >= 11 is 3.21. The fourth-order valence-corrected chi connectivity index (χ4v) is 1.25. The fraction of sp³-hybridized carbons (Fsp3) is 1.00. The highest BCUT2D eigenvalue weighted by Crippen LogP contribution is 1.77. The minimum atomic E-state index is -0.807. The molecule has 0 rings (SSSR count). The molecule has 1 unspecified atom stereocenters. The third-order valence-electron chi connectivity index (χ3n) is 0.620. The first-order valence-electron chi connectivity index (χ1n) is 2.49. The second-order valence-electron chi connectivity index (χ2n) is 1.22. The van der Waals surface area contributed by atoms with Crippen molar-refractivity contribution in [1.82, 2.24) is 4.72 Å². The molecule has 0 aliphatic carbocycles. The first-order valence-corrected chi connectivity index (χ1v) is 4.93. The summed E-state index contributed by atoms with van der Waals surface area (Å²) in [5.74, 6) is 0.687. The highest BCUT2D eigenvalue weighted by atomic mass is 79.9. The smallest absolute Gasteiger partial charge is 0.0912 e. The van der Waals surface area contributed by atoms with Gasteiger partial charge in [0.05, 0.1) is 11.0 Å². The predicted octanol–water partition coefficient (Wildman–Crippen LogP) is 0.655. The maximum atomic E-state index is 10.5. The van der Waals surface area contributed by atoms with Gasteiger partial charge in [0.1, 0.15) is 0 Å². The van der Waals surface area contributed by atoms with Crippen LogP contribution in [0.2, 0.25) is 0 Å². The van der Waals surface area contributed by atoms with Crippen LogP contribution >= 0.6 is 15.9 Å². The molecule has 0 aromatic rings. The van der Waals surface area contributed by atoms with Crippen molar-refractivity contribution in [3.05, 3.63) is 0 Å². The van der Waals surface area contributed by atoms with E-state index in [1.54, 1.807) is 0 Å². The Morgan fingerprint density at radius 3 is 2.75 bits per heavy atom. The van der Waals surface area contributed by atoms with E-state index in [1.165, 1.54) is 0 Å². The molecular formula is C4H10BrNOS. The van der Waals surface area contributed by atoms with Crippen molar-refractivity contribution < 1.29 is 4.21 Å². The quantitative estimate of drug-likeness (QED) is 0.663. The van der Waals surface area contributed by atoms with E-state index in [0.717, 1.165) is 11.9 Å². The van der Waals surface area contributed by atoms with Crippen LogP contribution in [0.5, 0.6) is 0 Å². The Morgan fingerprint density at radius 2 is 2.38 bits per heavy atom. The van der Waals surface area contributed by atoms with Gasteiger partial charge >= 0.3 is 0 Å². The molecule has 0 saturated heterocycles. The van der Waals surface area contributed by atoms with Gasteiger partial charge in [-0.25, -0.2) is 8.93 Å². The molecule has 50 valence electrons. The number of hydrogen-bond donors (Lipinski definition) is 1. The zero-order chi connectivity index (χ0) is 6.41. The summed E-state index contributed by atoms with van der Waals surface area (Å²) in [4.78, 5) is 0. The predicted molar refractivity (Wildman–Crippen MR) is 40.5 cm³/mol. The topological polar surface area (TPSA) is 29.1 Å². The second-order valence-corrected chi connectivity index (χ2v) is 3.57. The van der Waals surface area contributed by atoms with Crippen molar-refractivity contribution in [3.8, 4) is 0 Å². The zero-order valence-corrected chi connectivity index (χ0v) is 7.22. The van der Waals surface area contributed by atoms with E-state index in [4.69, 9.17) is 0 Å². The van der Waals surface area contributed by atoms with Gasteiger partial charge in [-0.1, -0.05) is 22.9 Å². The van der Waals surface area contributed by atoms with Crippen molar-refractivity contribution >= 4 is 26.9 Å². The third-order valence-corrected chi connectivity index (χ3v) is 2.07. The lowest BCUT2D eigenvalue weighted by Crippen LogP contribution is -2.20. The summed E-state index contributed by atoms with van der Waals surface area (Å²) in [6, 6.07) is 0. The van der Waals surface area contributed by atoms with Crippen LogP contribution in [0.15, 0.2) is 0 Å². The maximum absolute atomic E-state index is 10.5. The summed E-state index contributed by atoms with van der Waals surface area (Å²) in [5.41, 5.74) is 0. The molecular weight excluding hydrogens is 190 g/mol. The van der Waals surface area contributed by atoms with Gasteiger partial charge in [-0.3, -0.25) is 0 Å². The van der Waals surface area contributed by atoms with Crippen LogP contribution in [0.25, 0.3) is 0 Å². The van der Waals surface area contributed by atoms with Crippen LogP contribution in [0.4, 0.5) is 0 Å². The number of rotatable bonds is 4. The fourth-order valence-electron chi connectivity index (χ4n) is 0.254. The van der Waals surface area contributed by atoms with Crippen molar-refractivity contribution in [3.63, 3.8) is 0 Å². The Balaban J connectivity index is 2.99. The largest absolute Gasteiger partial charge is 0.243 e. The number of alkyl halides is 1. The highest BCUT2D eigenvalue weighted by molar-refractivity contribution is 9.09. The molecule has 0 fully saturated rings. The lowest BCUT2D eigenvalue weighted by molar-refractivity contribution is 0.675. The van der Waals surface area contributed by atoms with Crippen molar-refractivity contribution in [2.75, 3.05) is 17.6 Å². The van der Waals surface area contributed by atoms with Crippen LogP contribution in [0.1, 0.15) is 6.92 Å². The van der Waals surface area contributed by atoms with Crippen molar-refractivity contribution in [2.24, 2.45) is 0 Å². The molecule has 0 amide bonds. The second kappa shape index (κ2) is 5.72. The SMILES string of the molecule is CCS(=O)NCCBr. The van der Waals surface area contributed by atoms with Gasteiger partial charge in [-0.2, -0.15) is 0 Å². The summed E-state index contributed by atoms with van der Waals surface area (Å²) in [6.45, 7) is 2.66. The van der Waals surface area contributed by atoms with E-state index in [2.05, 4.69) is 20.7 Å². The highest BCUT2D eigenvalue weighted by Gasteiger charge is 1.89. The Bertz CT molecular complexity index is 78.4. The standard InChI is InChI=1S/C4H10BrNOS/c1-2-8(7)6-4-3-5/h6H,2-4H2,1H3. The average Bonchev–Trinajstić information content (AvgIpc) is 1.83. The summed E-state index contributed by atoms with van der Waals surface area (Å²) in [5, 5.41) is 0.860. The Kier molecular flexibility index (Phi) is 6.14. The molecule has 2 nitrogen and oxygen atoms in total. The molecule has 0 radical (unpaired) electrons. The van der Waals surface area contributed by atoms with Gasteiger partial charge in [-0.05, 0) is 0 Å². The van der Waals surface area contributed by atoms with E-state index in [1.807, 2.05) is 6.92 Å². The lowest BCUT2D eigenvalue weighted by Gasteiger charge is -1.95. The molecule has 0 heterocycles. The molecule has 0 aromatic carbocycles. The zero-order valence-electron chi connectivity index (χ0n) is 4.82. The monoisotopic (exact) mass is 199 g/mol. The van der Waals surface area contributed by atoms with Crippen LogP contribution in [-0.2, 0) is 11.0 Å². The van der Waals surface area contributed by atoms with Crippen molar-refractivity contribution in [2.45, 2.75) is 6.92 Å². The van der Waals surface area contributed by atoms with E-state index >= 15 is 0 Å². The molecule has 1 N–H and O–H groups in total. The Morgan fingerprint density at radius 1 is 1.75 bits per heavy atom. The van der Waals surface area contributed by atoms with Gasteiger partial charge in [-0.15, -0.1) is 0 Å². The van der Waals surface area contributed by atoms with Crippen LogP contribution in [0.3, 0.4) is 0 Å². The van der Waals surface area contributed by atoms with E-state index < -0.39 is 11.0 Å². The number of halogens is 1. The first-order chi connectivity index (χ1) is 3.81. The minimum Gasteiger partial charge on any atom is -0.243 e. The summed E-state index contributed by atoms with van der Waals surface area (Å²) < 4.78 is 13.4. The molecule has 1 atom stereocenters. The normalized spacial score (nSPS) is 13.8. The minimum absolute atomic E-state index is 0.687.